The zero-order valence-electron chi connectivity index (χ0n) is 17.3. The SMILES string of the molecule is Cc1nc(CSc2nc3c(sc(=S)n3-c3ccccc3C)c(=O)n2-c2ccccc2)cs1. The van der Waals surface area contributed by atoms with Crippen LogP contribution in [-0.4, -0.2) is 19.1 Å². The van der Waals surface area contributed by atoms with Crippen LogP contribution in [0.5, 0.6) is 0 Å². The lowest BCUT2D eigenvalue weighted by Gasteiger charge is -2.13. The minimum atomic E-state index is -0.110. The quantitative estimate of drug-likeness (QED) is 0.162. The monoisotopic (exact) mass is 494 g/mol. The first-order valence-electron chi connectivity index (χ1n) is 9.87. The first kappa shape index (κ1) is 21.3. The highest BCUT2D eigenvalue weighted by molar-refractivity contribution is 7.98. The van der Waals surface area contributed by atoms with Crippen LogP contribution < -0.4 is 5.56 Å². The van der Waals surface area contributed by atoms with E-state index in [1.807, 2.05) is 78.4 Å². The summed E-state index contributed by atoms with van der Waals surface area (Å²) in [4.78, 5) is 23.2. The molecule has 0 unspecified atom stereocenters. The van der Waals surface area contributed by atoms with Gasteiger partial charge in [-0.25, -0.2) is 9.97 Å². The predicted octanol–water partition coefficient (Wildman–Crippen LogP) is 6.33. The molecular formula is C23H18N4OS4. The van der Waals surface area contributed by atoms with Crippen molar-refractivity contribution in [2.45, 2.75) is 24.8 Å². The molecule has 0 aliphatic rings. The molecule has 3 heterocycles. The minimum absolute atomic E-state index is 0.110. The molecular weight excluding hydrogens is 477 g/mol. The van der Waals surface area contributed by atoms with Crippen LogP contribution in [0.3, 0.4) is 0 Å². The van der Waals surface area contributed by atoms with Gasteiger partial charge in [0.25, 0.3) is 5.56 Å². The molecule has 32 heavy (non-hydrogen) atoms. The van der Waals surface area contributed by atoms with Gasteiger partial charge in [-0.2, -0.15) is 0 Å². The van der Waals surface area contributed by atoms with Crippen LogP contribution in [0.4, 0.5) is 0 Å². The van der Waals surface area contributed by atoms with Crippen molar-refractivity contribution in [1.29, 1.82) is 0 Å². The summed E-state index contributed by atoms with van der Waals surface area (Å²) in [6.45, 7) is 4.02. The van der Waals surface area contributed by atoms with Gasteiger partial charge in [-0.3, -0.25) is 13.9 Å². The maximum atomic E-state index is 13.7. The van der Waals surface area contributed by atoms with Gasteiger partial charge in [0, 0.05) is 11.1 Å². The fraction of sp³-hybridized carbons (Fsp3) is 0.130. The van der Waals surface area contributed by atoms with E-state index >= 15 is 0 Å². The third-order valence-electron chi connectivity index (χ3n) is 4.96. The number of hydrogen-bond acceptors (Lipinski definition) is 7. The second-order valence-electron chi connectivity index (χ2n) is 7.16. The molecule has 0 atom stereocenters. The van der Waals surface area contributed by atoms with Gasteiger partial charge >= 0.3 is 0 Å². The summed E-state index contributed by atoms with van der Waals surface area (Å²) in [5, 5.41) is 3.69. The van der Waals surface area contributed by atoms with E-state index in [4.69, 9.17) is 17.2 Å². The standard InChI is InChI=1S/C23H18N4OS4/c1-14-8-6-7-11-18(14)27-20-19(32-23(27)29)21(28)26(17-9-4-3-5-10-17)22(25-20)31-13-16-12-30-15(2)24-16/h3-12H,13H2,1-2H3. The molecule has 0 N–H and O–H groups in total. The van der Waals surface area contributed by atoms with Gasteiger partial charge in [-0.1, -0.05) is 59.5 Å². The highest BCUT2D eigenvalue weighted by atomic mass is 32.2. The average molecular weight is 495 g/mol. The molecule has 160 valence electrons. The van der Waals surface area contributed by atoms with Gasteiger partial charge in [0.1, 0.15) is 4.70 Å². The Morgan fingerprint density at radius 2 is 1.75 bits per heavy atom. The summed E-state index contributed by atoms with van der Waals surface area (Å²) in [7, 11) is 0. The van der Waals surface area contributed by atoms with Gasteiger partial charge < -0.3 is 0 Å². The van der Waals surface area contributed by atoms with Crippen LogP contribution in [0.2, 0.25) is 0 Å². The Labute approximate surface area is 202 Å². The molecule has 0 saturated carbocycles. The number of hydrogen-bond donors (Lipinski definition) is 0. The van der Waals surface area contributed by atoms with Crippen LogP contribution in [-0.2, 0) is 5.75 Å². The van der Waals surface area contributed by atoms with E-state index < -0.39 is 0 Å². The van der Waals surface area contributed by atoms with E-state index in [1.165, 1.54) is 23.1 Å². The van der Waals surface area contributed by atoms with E-state index in [0.29, 0.717) is 25.2 Å². The third-order valence-corrected chi connectivity index (χ3v) is 8.11. The fourth-order valence-electron chi connectivity index (χ4n) is 3.48. The van der Waals surface area contributed by atoms with Gasteiger partial charge in [0.2, 0.25) is 0 Å². The fourth-order valence-corrected chi connectivity index (χ4v) is 6.38. The summed E-state index contributed by atoms with van der Waals surface area (Å²) < 4.78 is 4.75. The Balaban J connectivity index is 1.75. The first-order valence-corrected chi connectivity index (χ1v) is 13.0. The van der Waals surface area contributed by atoms with Crippen molar-refractivity contribution in [3.05, 3.63) is 90.6 Å². The third kappa shape index (κ3) is 3.86. The minimum Gasteiger partial charge on any atom is -0.275 e. The van der Waals surface area contributed by atoms with Crippen LogP contribution in [0.25, 0.3) is 21.7 Å². The number of aryl methyl sites for hydroxylation is 2. The number of thiazole rings is 2. The topological polar surface area (TPSA) is 52.7 Å². The molecule has 0 aliphatic carbocycles. The Hall–Kier alpha value is -2.59. The highest BCUT2D eigenvalue weighted by Gasteiger charge is 2.20. The molecule has 2 aromatic carbocycles. The van der Waals surface area contributed by atoms with Gasteiger partial charge in [-0.05, 0) is 49.8 Å². The number of benzene rings is 2. The molecule has 5 nitrogen and oxygen atoms in total. The van der Waals surface area contributed by atoms with Crippen molar-refractivity contribution in [3.63, 3.8) is 0 Å². The van der Waals surface area contributed by atoms with Crippen LogP contribution in [0, 0.1) is 17.8 Å². The lowest BCUT2D eigenvalue weighted by atomic mass is 10.2. The summed E-state index contributed by atoms with van der Waals surface area (Å²) in [5.41, 5.74) is 4.27. The molecule has 0 fully saturated rings. The second kappa shape index (κ2) is 8.74. The molecule has 3 aromatic heterocycles. The molecule has 0 bridgehead atoms. The summed E-state index contributed by atoms with van der Waals surface area (Å²) >= 11 is 10.1. The van der Waals surface area contributed by atoms with Crippen molar-refractivity contribution < 1.29 is 0 Å². The summed E-state index contributed by atoms with van der Waals surface area (Å²) in [5.74, 6) is 0.629. The van der Waals surface area contributed by atoms with Crippen LogP contribution in [0.15, 0.2) is 69.9 Å². The average Bonchev–Trinajstić information content (AvgIpc) is 3.36. The second-order valence-corrected chi connectivity index (χ2v) is 10.8. The Morgan fingerprint density at radius 3 is 2.47 bits per heavy atom. The van der Waals surface area contributed by atoms with E-state index in [0.717, 1.165) is 27.6 Å². The molecule has 9 heteroatoms. The number of rotatable bonds is 5. The molecule has 0 spiro atoms. The number of fused-ring (bicyclic) bond motifs is 1. The molecule has 0 amide bonds. The highest BCUT2D eigenvalue weighted by Crippen LogP contribution is 2.29. The van der Waals surface area contributed by atoms with E-state index in [-0.39, 0.29) is 5.56 Å². The number of thioether (sulfide) groups is 1. The van der Waals surface area contributed by atoms with Crippen molar-refractivity contribution in [1.82, 2.24) is 19.1 Å². The zero-order chi connectivity index (χ0) is 22.2. The smallest absolute Gasteiger partial charge is 0.275 e. The number of nitrogens with zero attached hydrogens (tertiary/aromatic N) is 4. The largest absolute Gasteiger partial charge is 0.278 e. The Bertz CT molecular complexity index is 1550. The molecule has 0 saturated heterocycles. The van der Waals surface area contributed by atoms with Gasteiger partial charge in [-0.15, -0.1) is 11.3 Å². The number of aromatic nitrogens is 4. The lowest BCUT2D eigenvalue weighted by Crippen LogP contribution is -2.21. The predicted molar refractivity (Wildman–Crippen MR) is 137 cm³/mol. The molecule has 5 rings (SSSR count). The maximum Gasteiger partial charge on any atom is 0.278 e. The normalized spacial score (nSPS) is 11.3. The summed E-state index contributed by atoms with van der Waals surface area (Å²) in [6, 6.07) is 17.6. The zero-order valence-corrected chi connectivity index (χ0v) is 20.6. The number of para-hydroxylation sites is 2. The first-order chi connectivity index (χ1) is 15.5. The van der Waals surface area contributed by atoms with E-state index in [1.54, 1.807) is 15.9 Å². The van der Waals surface area contributed by atoms with Crippen molar-refractivity contribution in [3.8, 4) is 11.4 Å². The van der Waals surface area contributed by atoms with Crippen LogP contribution >= 0.6 is 46.7 Å². The molecule has 0 radical (unpaired) electrons. The van der Waals surface area contributed by atoms with Crippen LogP contribution in [0.1, 0.15) is 16.3 Å². The van der Waals surface area contributed by atoms with Crippen molar-refractivity contribution in [2.75, 3.05) is 0 Å². The molecule has 5 aromatic rings. The Kier molecular flexibility index (Phi) is 5.81. The lowest BCUT2D eigenvalue weighted by molar-refractivity contribution is 0.811. The Morgan fingerprint density at radius 1 is 1.00 bits per heavy atom. The van der Waals surface area contributed by atoms with Gasteiger partial charge in [0.15, 0.2) is 14.8 Å². The van der Waals surface area contributed by atoms with Gasteiger partial charge in [0.05, 0.1) is 22.1 Å². The van der Waals surface area contributed by atoms with E-state index in [9.17, 15) is 4.79 Å². The van der Waals surface area contributed by atoms with E-state index in [2.05, 4.69) is 4.98 Å². The maximum absolute atomic E-state index is 13.7. The molecule has 0 aliphatic heterocycles. The van der Waals surface area contributed by atoms with Crippen molar-refractivity contribution >= 4 is 57.0 Å². The van der Waals surface area contributed by atoms with Crippen molar-refractivity contribution in [2.24, 2.45) is 0 Å². The summed E-state index contributed by atoms with van der Waals surface area (Å²) in [6.07, 6.45) is 0.